The van der Waals surface area contributed by atoms with Crippen LogP contribution >= 0.6 is 0 Å². The van der Waals surface area contributed by atoms with E-state index in [1.807, 2.05) is 6.07 Å². The number of carbonyl (C=O) groups excluding carboxylic acids is 1. The third kappa shape index (κ3) is 4.56. The van der Waals surface area contributed by atoms with Crippen LogP contribution < -0.4 is 15.2 Å². The van der Waals surface area contributed by atoms with E-state index in [2.05, 4.69) is 0 Å². The molecule has 3 rings (SSSR count). The van der Waals surface area contributed by atoms with E-state index in [1.54, 1.807) is 56.3 Å². The number of rotatable bonds is 7. The van der Waals surface area contributed by atoms with Crippen LogP contribution in [0.4, 0.5) is 0 Å². The smallest absolute Gasteiger partial charge is 0.338 e. The lowest BCUT2D eigenvalue weighted by atomic mass is 9.83. The molecule has 33 heavy (non-hydrogen) atoms. The highest BCUT2D eigenvalue weighted by Gasteiger charge is 2.38. The second kappa shape index (κ2) is 10.2. The van der Waals surface area contributed by atoms with Gasteiger partial charge < -0.3 is 24.7 Å². The molecule has 172 valence electrons. The van der Waals surface area contributed by atoms with Gasteiger partial charge >= 0.3 is 5.97 Å². The lowest BCUT2D eigenvalue weighted by molar-refractivity contribution is -0.139. The summed E-state index contributed by atoms with van der Waals surface area (Å²) in [6.07, 6.45) is 0. The minimum Gasteiger partial charge on any atom is -0.497 e. The predicted molar refractivity (Wildman–Crippen MR) is 121 cm³/mol. The summed E-state index contributed by atoms with van der Waals surface area (Å²) in [6.45, 7) is 3.39. The number of allylic oxidation sites excluding steroid dienone is 2. The molecule has 2 atom stereocenters. The Kier molecular flexibility index (Phi) is 7.41. The molecule has 0 amide bonds. The van der Waals surface area contributed by atoms with Crippen molar-refractivity contribution in [2.24, 2.45) is 5.73 Å². The van der Waals surface area contributed by atoms with Crippen molar-refractivity contribution in [1.29, 1.82) is 5.26 Å². The zero-order chi connectivity index (χ0) is 24.1. The fourth-order valence-corrected chi connectivity index (χ4v) is 5.00. The molecule has 1 aliphatic rings. The fraction of sp³-hybridized carbons (Fsp3) is 0.250. The largest absolute Gasteiger partial charge is 0.497 e. The highest BCUT2D eigenvalue weighted by Crippen LogP contribution is 2.43. The Bertz CT molecular complexity index is 1210. The molecule has 2 aromatic rings. The van der Waals surface area contributed by atoms with E-state index in [0.717, 1.165) is 0 Å². The lowest BCUT2D eigenvalue weighted by Gasteiger charge is -2.28. The molecule has 2 N–H and O–H groups in total. The molecule has 0 saturated heterocycles. The van der Waals surface area contributed by atoms with E-state index in [1.165, 1.54) is 14.2 Å². The number of methoxy groups -OCH3 is 2. The number of nitriles is 1. The Labute approximate surface area is 194 Å². The third-order valence-electron chi connectivity index (χ3n) is 5.10. The van der Waals surface area contributed by atoms with Gasteiger partial charge in [0.05, 0.1) is 48.0 Å². The summed E-state index contributed by atoms with van der Waals surface area (Å²) >= 11 is 0. The maximum absolute atomic E-state index is 13.8. The van der Waals surface area contributed by atoms with E-state index in [-0.39, 0.29) is 29.4 Å². The minimum absolute atomic E-state index is 0.0331. The first-order valence-corrected chi connectivity index (χ1v) is 11.2. The SMILES string of the molecule is CCOC(=O)C1=C(C)OC(N)=C(C#N)C1c1ccccc1S(=O)c1cc(OC)ccc1OC. The second-order valence-corrected chi connectivity index (χ2v) is 8.36. The summed E-state index contributed by atoms with van der Waals surface area (Å²) in [5, 5.41) is 9.85. The van der Waals surface area contributed by atoms with Crippen LogP contribution in [0.15, 0.2) is 75.0 Å². The van der Waals surface area contributed by atoms with Gasteiger partial charge in [0.1, 0.15) is 28.9 Å². The van der Waals surface area contributed by atoms with Crippen molar-refractivity contribution in [2.75, 3.05) is 20.8 Å². The molecule has 2 unspecified atom stereocenters. The first-order valence-electron chi connectivity index (χ1n) is 10.1. The molecule has 0 radical (unpaired) electrons. The molecule has 9 heteroatoms. The Hall–Kier alpha value is -3.77. The van der Waals surface area contributed by atoms with Crippen molar-refractivity contribution < 1.29 is 28.0 Å². The maximum Gasteiger partial charge on any atom is 0.338 e. The van der Waals surface area contributed by atoms with Crippen molar-refractivity contribution in [2.45, 2.75) is 29.6 Å². The van der Waals surface area contributed by atoms with Gasteiger partial charge in [-0.3, -0.25) is 0 Å². The van der Waals surface area contributed by atoms with Crippen molar-refractivity contribution in [3.8, 4) is 17.6 Å². The molecule has 0 aromatic heterocycles. The average Bonchev–Trinajstić information content (AvgIpc) is 2.82. The van der Waals surface area contributed by atoms with Gasteiger partial charge in [-0.2, -0.15) is 5.26 Å². The number of hydrogen-bond acceptors (Lipinski definition) is 8. The van der Waals surface area contributed by atoms with E-state index in [9.17, 15) is 14.3 Å². The zero-order valence-electron chi connectivity index (χ0n) is 18.7. The molecule has 1 heterocycles. The molecule has 2 aromatic carbocycles. The molecule has 0 saturated carbocycles. The van der Waals surface area contributed by atoms with Crippen LogP contribution in [-0.4, -0.2) is 31.0 Å². The number of hydrogen-bond donors (Lipinski definition) is 1. The molecule has 0 bridgehead atoms. The zero-order valence-corrected chi connectivity index (χ0v) is 19.5. The summed E-state index contributed by atoms with van der Waals surface area (Å²) < 4.78 is 35.2. The van der Waals surface area contributed by atoms with Crippen LogP contribution in [0, 0.1) is 11.3 Å². The predicted octanol–water partition coefficient (Wildman–Crippen LogP) is 3.52. The number of nitrogens with two attached hydrogens (primary N) is 1. The molecule has 1 aliphatic heterocycles. The van der Waals surface area contributed by atoms with Crippen LogP contribution in [0.3, 0.4) is 0 Å². The van der Waals surface area contributed by atoms with Crippen LogP contribution in [0.2, 0.25) is 0 Å². The number of ether oxygens (including phenoxy) is 4. The second-order valence-electron chi connectivity index (χ2n) is 6.94. The summed E-state index contributed by atoms with van der Waals surface area (Å²) in [5.41, 5.74) is 6.63. The quantitative estimate of drug-likeness (QED) is 0.613. The summed E-state index contributed by atoms with van der Waals surface area (Å²) in [4.78, 5) is 13.6. The van der Waals surface area contributed by atoms with E-state index < -0.39 is 22.7 Å². The highest BCUT2D eigenvalue weighted by atomic mass is 32.2. The van der Waals surface area contributed by atoms with Crippen LogP contribution in [0.25, 0.3) is 0 Å². The van der Waals surface area contributed by atoms with Gasteiger partial charge in [0, 0.05) is 11.0 Å². The van der Waals surface area contributed by atoms with Gasteiger partial charge in [0.25, 0.3) is 0 Å². The average molecular weight is 469 g/mol. The van der Waals surface area contributed by atoms with E-state index >= 15 is 0 Å². The van der Waals surface area contributed by atoms with Gasteiger partial charge in [-0.1, -0.05) is 18.2 Å². The van der Waals surface area contributed by atoms with Crippen LogP contribution in [0.5, 0.6) is 11.5 Å². The molecular weight excluding hydrogens is 444 g/mol. The third-order valence-corrected chi connectivity index (χ3v) is 6.59. The molecule has 8 nitrogen and oxygen atoms in total. The van der Waals surface area contributed by atoms with Crippen molar-refractivity contribution in [3.05, 3.63) is 70.8 Å². The Morgan fingerprint density at radius 3 is 2.55 bits per heavy atom. The molecular formula is C24H24N2O6S. The summed E-state index contributed by atoms with van der Waals surface area (Å²) in [6, 6.07) is 13.9. The molecule has 0 aliphatic carbocycles. The normalized spacial score (nSPS) is 16.5. The van der Waals surface area contributed by atoms with Gasteiger partial charge in [-0.05, 0) is 37.6 Å². The molecule has 0 fully saturated rings. The summed E-state index contributed by atoms with van der Waals surface area (Å²) in [7, 11) is 1.24. The van der Waals surface area contributed by atoms with E-state index in [0.29, 0.717) is 26.9 Å². The number of benzene rings is 2. The van der Waals surface area contributed by atoms with Gasteiger partial charge in [-0.25, -0.2) is 9.00 Å². The highest BCUT2D eigenvalue weighted by molar-refractivity contribution is 7.85. The maximum atomic E-state index is 13.8. The molecule has 0 spiro atoms. The van der Waals surface area contributed by atoms with Crippen molar-refractivity contribution in [1.82, 2.24) is 0 Å². The van der Waals surface area contributed by atoms with Crippen molar-refractivity contribution in [3.63, 3.8) is 0 Å². The monoisotopic (exact) mass is 468 g/mol. The van der Waals surface area contributed by atoms with Crippen LogP contribution in [-0.2, 0) is 25.1 Å². The summed E-state index contributed by atoms with van der Waals surface area (Å²) in [5.74, 6) is -0.544. The Morgan fingerprint density at radius 1 is 1.18 bits per heavy atom. The first kappa shape index (κ1) is 23.9. The number of nitrogens with zero attached hydrogens (tertiary/aromatic N) is 1. The topological polar surface area (TPSA) is 121 Å². The standard InChI is InChI=1S/C24H24N2O6S/c1-5-31-24(27)21-14(2)32-23(26)17(13-25)22(21)16-8-6-7-9-19(16)33(28)20-12-15(29-3)10-11-18(20)30-4/h6-12,22H,5,26H2,1-4H3. The lowest BCUT2D eigenvalue weighted by Crippen LogP contribution is -2.26. The number of carbonyl (C=O) groups is 1. The van der Waals surface area contributed by atoms with Gasteiger partial charge in [-0.15, -0.1) is 0 Å². The van der Waals surface area contributed by atoms with Gasteiger partial charge in [0.2, 0.25) is 5.88 Å². The minimum atomic E-state index is -1.75. The van der Waals surface area contributed by atoms with Gasteiger partial charge in [0.15, 0.2) is 0 Å². The first-order chi connectivity index (χ1) is 15.9. The Balaban J connectivity index is 2.24. The number of esters is 1. The van der Waals surface area contributed by atoms with E-state index in [4.69, 9.17) is 24.7 Å². The fourth-order valence-electron chi connectivity index (χ4n) is 3.60. The Morgan fingerprint density at radius 2 is 1.91 bits per heavy atom. The van der Waals surface area contributed by atoms with Crippen molar-refractivity contribution >= 4 is 16.8 Å². The van der Waals surface area contributed by atoms with Crippen LogP contribution in [0.1, 0.15) is 25.3 Å².